The van der Waals surface area contributed by atoms with Crippen LogP contribution in [-0.4, -0.2) is 70.9 Å². The minimum atomic E-state index is -0.164. The fraction of sp³-hybridized carbons (Fsp3) is 0.368. The molecule has 8 heteroatoms. The highest BCUT2D eigenvalue weighted by molar-refractivity contribution is 5.48. The van der Waals surface area contributed by atoms with E-state index in [1.165, 1.54) is 22.3 Å². The van der Waals surface area contributed by atoms with Gasteiger partial charge in [0, 0.05) is 18.3 Å². The summed E-state index contributed by atoms with van der Waals surface area (Å²) < 4.78 is 45.4. The molecule has 0 aromatic heterocycles. The first-order valence-corrected chi connectivity index (χ1v) is 16.1. The quantitative estimate of drug-likeness (QED) is 0.139. The highest BCUT2D eigenvalue weighted by Crippen LogP contribution is 2.44. The molecule has 4 unspecified atom stereocenters. The molecule has 46 heavy (non-hydrogen) atoms. The Kier molecular flexibility index (Phi) is 8.51. The van der Waals surface area contributed by atoms with E-state index >= 15 is 0 Å². The Morgan fingerprint density at radius 2 is 0.761 bits per heavy atom. The van der Waals surface area contributed by atoms with Crippen LogP contribution in [0, 0.1) is 0 Å². The smallest absolute Gasteiger partial charge is 0.202 e. The van der Waals surface area contributed by atoms with E-state index in [-0.39, 0.29) is 36.4 Å². The zero-order chi connectivity index (χ0) is 30.7. The van der Waals surface area contributed by atoms with E-state index in [4.69, 9.17) is 37.9 Å². The molecule has 4 aliphatic heterocycles. The largest absolute Gasteiger partial charge is 0.491 e. The Bertz CT molecular complexity index is 1500. The summed E-state index contributed by atoms with van der Waals surface area (Å²) in [5.74, 6) is 3.27. The topological polar surface area (TPSA) is 83.7 Å². The first-order chi connectivity index (χ1) is 22.7. The number of epoxide rings is 3. The van der Waals surface area contributed by atoms with Crippen LogP contribution in [0.15, 0.2) is 97.1 Å². The lowest BCUT2D eigenvalue weighted by Gasteiger charge is -2.30. The molecule has 238 valence electrons. The van der Waals surface area contributed by atoms with Gasteiger partial charge in [0.05, 0.1) is 26.4 Å². The molecular weight excluding hydrogens is 584 g/mol. The minimum absolute atomic E-state index is 0.0185. The standard InChI is InChI=1S/C38H38O8/c1-9-29(40-19-33-22-43-33)10-2-25(1)37(26-3-11-30(12-4-26)41-20-34-23-44-34)38(27-5-13-31(14-6-27)42-21-35-24-45-35)28-7-15-32(16-8-28)46-36-17-18-39-36/h1-16,33-38H,17-24H2/t33?,34?,35-,36?,37?,38?/m1/s1. The van der Waals surface area contributed by atoms with Crippen LogP contribution in [0.1, 0.15) is 40.5 Å². The number of hydrogen-bond acceptors (Lipinski definition) is 8. The van der Waals surface area contributed by atoms with Crippen LogP contribution in [-0.2, 0) is 18.9 Å². The van der Waals surface area contributed by atoms with Gasteiger partial charge in [-0.3, -0.25) is 0 Å². The number of ether oxygens (including phenoxy) is 8. The molecule has 4 aliphatic rings. The van der Waals surface area contributed by atoms with Gasteiger partial charge in [-0.25, -0.2) is 0 Å². The zero-order valence-corrected chi connectivity index (χ0v) is 25.6. The molecular formula is C38H38O8. The summed E-state index contributed by atoms with van der Waals surface area (Å²) in [7, 11) is 0. The van der Waals surface area contributed by atoms with Crippen molar-refractivity contribution in [2.45, 2.75) is 42.9 Å². The van der Waals surface area contributed by atoms with E-state index in [1.54, 1.807) is 0 Å². The molecule has 8 rings (SSSR count). The highest BCUT2D eigenvalue weighted by Gasteiger charge is 2.30. The summed E-state index contributed by atoms with van der Waals surface area (Å²) in [6, 6.07) is 33.8. The van der Waals surface area contributed by atoms with Crippen molar-refractivity contribution in [1.29, 1.82) is 0 Å². The van der Waals surface area contributed by atoms with Crippen molar-refractivity contribution >= 4 is 0 Å². The van der Waals surface area contributed by atoms with Crippen LogP contribution in [0.5, 0.6) is 23.0 Å². The van der Waals surface area contributed by atoms with Crippen LogP contribution in [0.4, 0.5) is 0 Å². The molecule has 4 heterocycles. The predicted molar refractivity (Wildman–Crippen MR) is 170 cm³/mol. The van der Waals surface area contributed by atoms with Crippen molar-refractivity contribution in [2.75, 3.05) is 46.2 Å². The second kappa shape index (κ2) is 13.3. The van der Waals surface area contributed by atoms with E-state index in [0.717, 1.165) is 55.8 Å². The SMILES string of the molecule is c1cc(C(c2ccc(OCC3CO3)cc2)C(c2ccc(OC[C@@H]3CO3)cc2)c2ccc(OC3CCO3)cc2)ccc1OCC1CO1. The van der Waals surface area contributed by atoms with E-state index in [9.17, 15) is 0 Å². The van der Waals surface area contributed by atoms with Crippen molar-refractivity contribution in [3.63, 3.8) is 0 Å². The molecule has 0 N–H and O–H groups in total. The lowest BCUT2D eigenvalue weighted by molar-refractivity contribution is -0.165. The van der Waals surface area contributed by atoms with Gasteiger partial charge >= 0.3 is 0 Å². The molecule has 0 bridgehead atoms. The van der Waals surface area contributed by atoms with Crippen molar-refractivity contribution in [3.05, 3.63) is 119 Å². The normalized spacial score (nSPS) is 23.8. The molecule has 0 saturated carbocycles. The van der Waals surface area contributed by atoms with E-state index < -0.39 is 0 Å². The van der Waals surface area contributed by atoms with Gasteiger partial charge in [0.25, 0.3) is 0 Å². The lowest BCUT2D eigenvalue weighted by atomic mass is 9.73. The average molecular weight is 623 g/mol. The molecule has 5 atom stereocenters. The van der Waals surface area contributed by atoms with Gasteiger partial charge in [-0.2, -0.15) is 0 Å². The van der Waals surface area contributed by atoms with Gasteiger partial charge in [0.15, 0.2) is 0 Å². The Hall–Kier alpha value is -4.08. The predicted octanol–water partition coefficient (Wildman–Crippen LogP) is 6.11. The molecule has 0 aliphatic carbocycles. The van der Waals surface area contributed by atoms with Crippen LogP contribution >= 0.6 is 0 Å². The van der Waals surface area contributed by atoms with Gasteiger partial charge in [-0.1, -0.05) is 48.5 Å². The van der Waals surface area contributed by atoms with E-state index in [0.29, 0.717) is 19.8 Å². The number of rotatable bonds is 16. The van der Waals surface area contributed by atoms with Gasteiger partial charge in [-0.05, 0) is 70.8 Å². The van der Waals surface area contributed by atoms with Gasteiger partial charge < -0.3 is 37.9 Å². The van der Waals surface area contributed by atoms with Crippen LogP contribution in [0.25, 0.3) is 0 Å². The Labute approximate surface area is 269 Å². The zero-order valence-electron chi connectivity index (χ0n) is 25.6. The maximum Gasteiger partial charge on any atom is 0.202 e. The molecule has 8 nitrogen and oxygen atoms in total. The summed E-state index contributed by atoms with van der Waals surface area (Å²) in [5, 5.41) is 0. The third-order valence-corrected chi connectivity index (χ3v) is 8.73. The fourth-order valence-corrected chi connectivity index (χ4v) is 5.74. The van der Waals surface area contributed by atoms with Crippen LogP contribution < -0.4 is 18.9 Å². The van der Waals surface area contributed by atoms with Crippen LogP contribution in [0.2, 0.25) is 0 Å². The summed E-state index contributed by atoms with van der Waals surface area (Å²) in [6.07, 6.45) is 1.36. The van der Waals surface area contributed by atoms with E-state index in [2.05, 4.69) is 84.9 Å². The Morgan fingerprint density at radius 3 is 1.02 bits per heavy atom. The molecule has 4 aromatic carbocycles. The van der Waals surface area contributed by atoms with Crippen molar-refractivity contribution in [3.8, 4) is 23.0 Å². The second-order valence-corrected chi connectivity index (χ2v) is 12.2. The van der Waals surface area contributed by atoms with Crippen molar-refractivity contribution in [1.82, 2.24) is 0 Å². The molecule has 0 radical (unpaired) electrons. The molecule has 0 spiro atoms. The molecule has 0 amide bonds. The Morgan fingerprint density at radius 1 is 0.457 bits per heavy atom. The number of hydrogen-bond donors (Lipinski definition) is 0. The lowest BCUT2D eigenvalue weighted by Crippen LogP contribution is -2.32. The van der Waals surface area contributed by atoms with Crippen molar-refractivity contribution < 1.29 is 37.9 Å². The third kappa shape index (κ3) is 7.48. The summed E-state index contributed by atoms with van der Waals surface area (Å²) in [4.78, 5) is 0. The van der Waals surface area contributed by atoms with Gasteiger partial charge in [0.2, 0.25) is 6.29 Å². The summed E-state index contributed by atoms with van der Waals surface area (Å²) >= 11 is 0. The maximum absolute atomic E-state index is 6.01. The first-order valence-electron chi connectivity index (χ1n) is 16.1. The van der Waals surface area contributed by atoms with Gasteiger partial charge in [0.1, 0.15) is 61.1 Å². The fourth-order valence-electron chi connectivity index (χ4n) is 5.74. The van der Waals surface area contributed by atoms with Gasteiger partial charge in [-0.15, -0.1) is 0 Å². The van der Waals surface area contributed by atoms with Crippen molar-refractivity contribution in [2.24, 2.45) is 0 Å². The summed E-state index contributed by atoms with van der Waals surface area (Å²) in [6.45, 7) is 4.76. The highest BCUT2D eigenvalue weighted by atomic mass is 16.7. The maximum atomic E-state index is 6.01. The average Bonchev–Trinajstić information content (AvgIpc) is 3.91. The monoisotopic (exact) mass is 622 g/mol. The minimum Gasteiger partial charge on any atom is -0.491 e. The molecule has 4 saturated heterocycles. The Balaban J connectivity index is 1.14. The molecule has 4 aromatic rings. The van der Waals surface area contributed by atoms with Crippen LogP contribution in [0.3, 0.4) is 0 Å². The number of benzene rings is 4. The second-order valence-electron chi connectivity index (χ2n) is 12.2. The third-order valence-electron chi connectivity index (χ3n) is 8.73. The summed E-state index contributed by atoms with van der Waals surface area (Å²) in [5.41, 5.74) is 4.70. The van der Waals surface area contributed by atoms with E-state index in [1.807, 2.05) is 12.1 Å². The molecule has 4 fully saturated rings. The first kappa shape index (κ1) is 29.3.